The molecular weight excluding hydrogens is 568 g/mol. The van der Waals surface area contributed by atoms with Crippen molar-refractivity contribution in [3.63, 3.8) is 0 Å². The average molecular weight is 605 g/mol. The number of hydrogen-bond donors (Lipinski definition) is 2. The third-order valence-corrected chi connectivity index (χ3v) is 7.78. The molecule has 2 saturated heterocycles. The molecule has 44 heavy (non-hydrogen) atoms. The van der Waals surface area contributed by atoms with E-state index < -0.39 is 60.2 Å². The monoisotopic (exact) mass is 604 g/mol. The third kappa shape index (κ3) is 7.25. The van der Waals surface area contributed by atoms with E-state index in [1.54, 1.807) is 37.3 Å². The number of nitrogens with one attached hydrogen (secondary N) is 2. The summed E-state index contributed by atoms with van der Waals surface area (Å²) < 4.78 is 16.3. The number of fused-ring (bicyclic) bond motifs is 1. The van der Waals surface area contributed by atoms with E-state index in [0.29, 0.717) is 12.0 Å². The van der Waals surface area contributed by atoms with Crippen LogP contribution in [0.5, 0.6) is 0 Å². The molecule has 2 unspecified atom stereocenters. The lowest BCUT2D eigenvalue weighted by atomic mass is 9.96. The van der Waals surface area contributed by atoms with Crippen molar-refractivity contribution in [3.05, 3.63) is 83.9 Å². The molecular formula is C32H36N4O8. The molecule has 0 bridgehead atoms. The summed E-state index contributed by atoms with van der Waals surface area (Å²) in [6, 6.07) is 14.3. The van der Waals surface area contributed by atoms with Gasteiger partial charge in [-0.05, 0) is 37.5 Å². The molecule has 2 N–H and O–H groups in total. The first kappa shape index (κ1) is 30.7. The fourth-order valence-corrected chi connectivity index (χ4v) is 5.62. The number of piperazine rings is 1. The van der Waals surface area contributed by atoms with Crippen LogP contribution in [0, 0.1) is 0 Å². The molecule has 2 fully saturated rings. The summed E-state index contributed by atoms with van der Waals surface area (Å²) in [4.78, 5) is 69.2. The molecule has 0 spiro atoms. The summed E-state index contributed by atoms with van der Waals surface area (Å²) in [5, 5.41) is 5.63. The SMILES string of the molecule is CCOC1OC(=O)CC1NC(=O)[C@@H]1CN(C(=O)OCc2ccccc2)C[C@@H]2CC=CC[C@H](NC(=O)c3ccccc3)C(=O)N21. The zero-order chi connectivity index (χ0) is 31.1. The molecule has 3 aliphatic heterocycles. The fourth-order valence-electron chi connectivity index (χ4n) is 5.62. The number of benzene rings is 2. The maximum atomic E-state index is 14.1. The van der Waals surface area contributed by atoms with Gasteiger partial charge >= 0.3 is 12.1 Å². The predicted molar refractivity (Wildman–Crippen MR) is 157 cm³/mol. The van der Waals surface area contributed by atoms with Crippen LogP contribution >= 0.6 is 0 Å². The standard InChI is InChI=1S/C32H36N4O8/c1-2-42-31-25(17-27(37)44-31)34-29(39)26-19-35(32(41)43-20-21-11-5-3-6-12-21)18-23-15-9-10-16-24(30(40)36(23)26)33-28(38)22-13-7-4-8-14-22/h3-14,23-26,31H,2,15-20H2,1H3,(H,33,38)(H,34,39)/t23-,24-,25?,26-,31?/m0/s1. The summed E-state index contributed by atoms with van der Waals surface area (Å²) in [6.07, 6.45) is 2.63. The molecule has 12 nitrogen and oxygen atoms in total. The van der Waals surface area contributed by atoms with Gasteiger partial charge in [0, 0.05) is 18.7 Å². The first-order valence-corrected chi connectivity index (χ1v) is 14.7. The van der Waals surface area contributed by atoms with Crippen LogP contribution in [0.1, 0.15) is 42.1 Å². The lowest BCUT2D eigenvalue weighted by Gasteiger charge is -2.47. The quantitative estimate of drug-likeness (QED) is 0.345. The highest BCUT2D eigenvalue weighted by atomic mass is 16.7. The highest BCUT2D eigenvalue weighted by Gasteiger charge is 2.47. The highest BCUT2D eigenvalue weighted by molar-refractivity contribution is 5.99. The molecule has 12 heteroatoms. The first-order valence-electron chi connectivity index (χ1n) is 14.7. The molecule has 3 aliphatic rings. The Hall–Kier alpha value is -4.71. The van der Waals surface area contributed by atoms with Gasteiger partial charge in [0.15, 0.2) is 0 Å². The summed E-state index contributed by atoms with van der Waals surface area (Å²) in [7, 11) is 0. The summed E-state index contributed by atoms with van der Waals surface area (Å²) in [5.41, 5.74) is 1.21. The molecule has 3 heterocycles. The summed E-state index contributed by atoms with van der Waals surface area (Å²) in [6.45, 7) is 2.03. The van der Waals surface area contributed by atoms with E-state index >= 15 is 0 Å². The zero-order valence-electron chi connectivity index (χ0n) is 24.4. The molecule has 0 aliphatic carbocycles. The van der Waals surface area contributed by atoms with Crippen LogP contribution in [0.15, 0.2) is 72.8 Å². The molecule has 4 amide bonds. The molecule has 0 saturated carbocycles. The normalized spacial score (nSPS) is 24.9. The maximum absolute atomic E-state index is 14.1. The Balaban J connectivity index is 1.38. The molecule has 5 atom stereocenters. The largest absolute Gasteiger partial charge is 0.445 e. The Kier molecular flexibility index (Phi) is 9.90. The Morgan fingerprint density at radius 3 is 2.36 bits per heavy atom. The lowest BCUT2D eigenvalue weighted by molar-refractivity contribution is -0.165. The minimum Gasteiger partial charge on any atom is -0.445 e. The summed E-state index contributed by atoms with van der Waals surface area (Å²) in [5.74, 6) is -1.95. The van der Waals surface area contributed by atoms with Crippen molar-refractivity contribution >= 4 is 29.8 Å². The third-order valence-electron chi connectivity index (χ3n) is 7.78. The van der Waals surface area contributed by atoms with Crippen molar-refractivity contribution in [3.8, 4) is 0 Å². The number of amides is 4. The highest BCUT2D eigenvalue weighted by Crippen LogP contribution is 2.25. The van der Waals surface area contributed by atoms with E-state index in [1.807, 2.05) is 42.5 Å². The van der Waals surface area contributed by atoms with Crippen molar-refractivity contribution in [2.75, 3.05) is 19.7 Å². The van der Waals surface area contributed by atoms with Gasteiger partial charge in [-0.15, -0.1) is 0 Å². The van der Waals surface area contributed by atoms with E-state index in [0.717, 1.165) is 5.56 Å². The summed E-state index contributed by atoms with van der Waals surface area (Å²) >= 11 is 0. The molecule has 2 aromatic carbocycles. The van der Waals surface area contributed by atoms with Gasteiger partial charge in [-0.25, -0.2) is 4.79 Å². The van der Waals surface area contributed by atoms with Gasteiger partial charge in [-0.2, -0.15) is 0 Å². The van der Waals surface area contributed by atoms with Crippen molar-refractivity contribution in [2.45, 2.75) is 63.3 Å². The second-order valence-electron chi connectivity index (χ2n) is 10.8. The van der Waals surface area contributed by atoms with Crippen molar-refractivity contribution in [1.29, 1.82) is 0 Å². The Morgan fingerprint density at radius 2 is 1.64 bits per heavy atom. The van der Waals surface area contributed by atoms with Crippen molar-refractivity contribution in [1.82, 2.24) is 20.4 Å². The second kappa shape index (κ2) is 14.2. The van der Waals surface area contributed by atoms with Gasteiger partial charge in [-0.3, -0.25) is 19.2 Å². The topological polar surface area (TPSA) is 144 Å². The minimum atomic E-state index is -1.13. The van der Waals surface area contributed by atoms with Gasteiger partial charge in [0.25, 0.3) is 5.91 Å². The lowest BCUT2D eigenvalue weighted by Crippen LogP contribution is -2.68. The van der Waals surface area contributed by atoms with Gasteiger partial charge in [0.05, 0.1) is 19.0 Å². The van der Waals surface area contributed by atoms with Gasteiger partial charge in [0.1, 0.15) is 24.7 Å². The van der Waals surface area contributed by atoms with E-state index in [4.69, 9.17) is 14.2 Å². The van der Waals surface area contributed by atoms with Gasteiger partial charge in [-0.1, -0.05) is 60.7 Å². The number of carbonyl (C=O) groups excluding carboxylic acids is 5. The Morgan fingerprint density at radius 1 is 0.932 bits per heavy atom. The molecule has 232 valence electrons. The number of ether oxygens (including phenoxy) is 3. The number of hydrogen-bond acceptors (Lipinski definition) is 8. The van der Waals surface area contributed by atoms with E-state index in [2.05, 4.69) is 10.6 Å². The van der Waals surface area contributed by atoms with Gasteiger partial charge in [0.2, 0.25) is 18.1 Å². The van der Waals surface area contributed by atoms with Crippen LogP contribution in [-0.4, -0.2) is 89.7 Å². The van der Waals surface area contributed by atoms with Crippen LogP contribution in [0.2, 0.25) is 0 Å². The van der Waals surface area contributed by atoms with Crippen molar-refractivity contribution < 1.29 is 38.2 Å². The number of esters is 1. The Labute approximate surface area is 255 Å². The number of cyclic esters (lactones) is 1. The van der Waals surface area contributed by atoms with Crippen LogP contribution in [0.3, 0.4) is 0 Å². The number of carbonyl (C=O) groups is 5. The Bertz CT molecular complexity index is 1390. The minimum absolute atomic E-state index is 0.0470. The van der Waals surface area contributed by atoms with E-state index in [9.17, 15) is 24.0 Å². The molecule has 0 radical (unpaired) electrons. The zero-order valence-corrected chi connectivity index (χ0v) is 24.4. The van der Waals surface area contributed by atoms with E-state index in [-0.39, 0.29) is 39.1 Å². The second-order valence-corrected chi connectivity index (χ2v) is 10.8. The number of rotatable bonds is 8. The first-order chi connectivity index (χ1) is 21.3. The van der Waals surface area contributed by atoms with Gasteiger partial charge < -0.3 is 34.6 Å². The van der Waals surface area contributed by atoms with Crippen LogP contribution < -0.4 is 10.6 Å². The number of nitrogens with zero attached hydrogens (tertiary/aromatic N) is 2. The molecule has 2 aromatic rings. The predicted octanol–water partition coefficient (Wildman–Crippen LogP) is 2.15. The molecule has 5 rings (SSSR count). The average Bonchev–Trinajstić information content (AvgIpc) is 3.38. The van der Waals surface area contributed by atoms with Crippen LogP contribution in [0.25, 0.3) is 0 Å². The molecule has 0 aromatic heterocycles. The fraction of sp³-hybridized carbons (Fsp3) is 0.406. The van der Waals surface area contributed by atoms with Crippen LogP contribution in [-0.2, 0) is 35.2 Å². The van der Waals surface area contributed by atoms with Crippen LogP contribution in [0.4, 0.5) is 4.79 Å². The maximum Gasteiger partial charge on any atom is 0.410 e. The van der Waals surface area contributed by atoms with E-state index in [1.165, 1.54) is 9.80 Å². The smallest absolute Gasteiger partial charge is 0.410 e. The van der Waals surface area contributed by atoms with Crippen molar-refractivity contribution in [2.24, 2.45) is 0 Å².